The highest BCUT2D eigenvalue weighted by Crippen LogP contribution is 2.28. The average Bonchev–Trinajstić information content (AvgIpc) is 2.88. The van der Waals surface area contributed by atoms with Gasteiger partial charge in [-0.3, -0.25) is 9.36 Å². The molecule has 152 valence electrons. The number of cyclic esters (lactones) is 2. The van der Waals surface area contributed by atoms with Crippen LogP contribution in [0.3, 0.4) is 0 Å². The van der Waals surface area contributed by atoms with Gasteiger partial charge in [-0.1, -0.05) is 6.08 Å². The van der Waals surface area contributed by atoms with Gasteiger partial charge in [-0.05, 0) is 38.2 Å². The second-order valence-corrected chi connectivity index (χ2v) is 6.64. The Morgan fingerprint density at radius 2 is 1.93 bits per heavy atom. The monoisotopic (exact) mass is 411 g/mol. The molecule has 28 heavy (non-hydrogen) atoms. The second kappa shape index (κ2) is 8.53. The van der Waals surface area contributed by atoms with E-state index in [-0.39, 0.29) is 34.9 Å². The third kappa shape index (κ3) is 4.76. The molecule has 0 amide bonds. The number of esters is 2. The Morgan fingerprint density at radius 1 is 1.32 bits per heavy atom. The predicted molar refractivity (Wildman–Crippen MR) is 98.5 cm³/mol. The zero-order valence-electron chi connectivity index (χ0n) is 15.6. The number of allylic oxidation sites excluding steroid dienone is 2. The van der Waals surface area contributed by atoms with Crippen LogP contribution >= 0.6 is 12.2 Å². The van der Waals surface area contributed by atoms with Gasteiger partial charge in [0.05, 0.1) is 0 Å². The van der Waals surface area contributed by atoms with Gasteiger partial charge >= 0.3 is 11.9 Å². The van der Waals surface area contributed by atoms with Crippen LogP contribution in [0.4, 0.5) is 0 Å². The van der Waals surface area contributed by atoms with Crippen molar-refractivity contribution in [2.24, 2.45) is 0 Å². The fourth-order valence-corrected chi connectivity index (χ4v) is 2.74. The first-order chi connectivity index (χ1) is 13.1. The van der Waals surface area contributed by atoms with Crippen LogP contribution in [0.25, 0.3) is 6.08 Å². The Balaban J connectivity index is 2.10. The average molecular weight is 411 g/mol. The van der Waals surface area contributed by atoms with E-state index in [1.54, 1.807) is 6.92 Å². The quantitative estimate of drug-likeness (QED) is 0.300. The molecule has 1 unspecified atom stereocenters. The molecule has 2 rings (SSSR count). The number of aliphatic hydroxyl groups excluding tert-OH is 1. The number of aromatic nitrogens is 1. The number of rotatable bonds is 7. The molecule has 0 aromatic carbocycles. The number of oxazole rings is 1. The summed E-state index contributed by atoms with van der Waals surface area (Å²) in [4.78, 5) is 35.9. The lowest BCUT2D eigenvalue weighted by molar-refractivity contribution is -0.231. The first kappa shape index (κ1) is 21.6. The number of hydrogen-bond acceptors (Lipinski definition) is 9. The van der Waals surface area contributed by atoms with Crippen LogP contribution in [0.5, 0.6) is 5.88 Å². The normalized spacial score (nSPS) is 20.8. The van der Waals surface area contributed by atoms with Crippen LogP contribution in [0, 0.1) is 4.84 Å². The first-order valence-corrected chi connectivity index (χ1v) is 8.97. The number of hydrogen-bond donors (Lipinski definition) is 2. The van der Waals surface area contributed by atoms with E-state index in [0.29, 0.717) is 6.54 Å². The topological polar surface area (TPSA) is 128 Å². The molecule has 0 aliphatic carbocycles. The molecule has 1 aromatic heterocycles. The number of ether oxygens (including phenoxy) is 2. The summed E-state index contributed by atoms with van der Waals surface area (Å²) in [5.41, 5.74) is -0.358. The van der Waals surface area contributed by atoms with E-state index in [0.717, 1.165) is 6.08 Å². The van der Waals surface area contributed by atoms with Crippen LogP contribution in [0.2, 0.25) is 0 Å². The molecule has 1 saturated heterocycles. The fourth-order valence-electron chi connectivity index (χ4n) is 2.44. The minimum Gasteiger partial charge on any atom is -0.492 e. The maximum atomic E-state index is 12.2. The molecule has 0 radical (unpaired) electrons. The Hall–Kier alpha value is -2.72. The molecule has 0 bridgehead atoms. The Kier molecular flexibility index (Phi) is 6.57. The zero-order chi connectivity index (χ0) is 21.1. The van der Waals surface area contributed by atoms with Crippen molar-refractivity contribution in [1.29, 1.82) is 0 Å². The van der Waals surface area contributed by atoms with Gasteiger partial charge in [-0.2, -0.15) is 0 Å². The van der Waals surface area contributed by atoms with Crippen molar-refractivity contribution < 1.29 is 38.5 Å². The van der Waals surface area contributed by atoms with Crippen molar-refractivity contribution in [2.75, 3.05) is 0 Å². The summed E-state index contributed by atoms with van der Waals surface area (Å²) in [7, 11) is 0. The van der Waals surface area contributed by atoms with Gasteiger partial charge in [0.15, 0.2) is 11.5 Å². The van der Waals surface area contributed by atoms with Crippen LogP contribution in [0.1, 0.15) is 39.4 Å². The lowest BCUT2D eigenvalue weighted by Gasteiger charge is -2.33. The summed E-state index contributed by atoms with van der Waals surface area (Å²) in [6, 6.07) is 0. The molecular weight excluding hydrogens is 390 g/mol. The number of aliphatic hydroxyl groups is 1. The molecule has 1 aromatic rings. The first-order valence-electron chi connectivity index (χ1n) is 8.56. The second-order valence-electron chi connectivity index (χ2n) is 6.29. The maximum absolute atomic E-state index is 12.2. The third-order valence-corrected chi connectivity index (χ3v) is 4.37. The Bertz CT molecular complexity index is 885. The molecule has 2 N–H and O–H groups in total. The molecule has 1 atom stereocenters. The van der Waals surface area contributed by atoms with Gasteiger partial charge in [-0.15, -0.1) is 0 Å². The predicted octanol–water partition coefficient (Wildman–Crippen LogP) is 2.02. The summed E-state index contributed by atoms with van der Waals surface area (Å²) in [6.45, 7) is 4.88. The van der Waals surface area contributed by atoms with E-state index in [2.05, 4.69) is 0 Å². The minimum atomic E-state index is -1.59. The molecule has 1 aliphatic rings. The Morgan fingerprint density at radius 3 is 2.43 bits per heavy atom. The van der Waals surface area contributed by atoms with Crippen LogP contribution in [0.15, 0.2) is 22.1 Å². The van der Waals surface area contributed by atoms with Gasteiger partial charge in [0.25, 0.3) is 10.6 Å². The van der Waals surface area contributed by atoms with E-state index in [1.165, 1.54) is 30.6 Å². The highest BCUT2D eigenvalue weighted by molar-refractivity contribution is 7.71. The van der Waals surface area contributed by atoms with E-state index in [1.807, 2.05) is 0 Å². The summed E-state index contributed by atoms with van der Waals surface area (Å²) in [5.74, 6) is -3.98. The number of carbonyl (C=O) groups excluding carboxylic acids is 3. The van der Waals surface area contributed by atoms with Crippen molar-refractivity contribution in [1.82, 2.24) is 4.57 Å². The van der Waals surface area contributed by atoms with Crippen molar-refractivity contribution in [3.8, 4) is 5.88 Å². The van der Waals surface area contributed by atoms with E-state index < -0.39 is 29.6 Å². The zero-order valence-corrected chi connectivity index (χ0v) is 16.4. The van der Waals surface area contributed by atoms with Gasteiger partial charge in [0.2, 0.25) is 5.88 Å². The van der Waals surface area contributed by atoms with Crippen molar-refractivity contribution >= 4 is 36.0 Å². The molecule has 1 aliphatic heterocycles. The van der Waals surface area contributed by atoms with Crippen molar-refractivity contribution in [3.63, 3.8) is 0 Å². The maximum Gasteiger partial charge on any atom is 0.348 e. The molecule has 2 heterocycles. The number of aromatic hydroxyl groups is 1. The van der Waals surface area contributed by atoms with E-state index in [9.17, 15) is 24.6 Å². The highest BCUT2D eigenvalue weighted by Gasteiger charge is 2.42. The van der Waals surface area contributed by atoms with Gasteiger partial charge in [0, 0.05) is 26.3 Å². The summed E-state index contributed by atoms with van der Waals surface area (Å²) < 4.78 is 16.9. The van der Waals surface area contributed by atoms with Gasteiger partial charge < -0.3 is 24.1 Å². The van der Waals surface area contributed by atoms with Crippen LogP contribution in [-0.2, 0) is 30.4 Å². The third-order valence-electron chi connectivity index (χ3n) is 4.07. The van der Waals surface area contributed by atoms with Crippen LogP contribution in [-0.4, -0.2) is 44.4 Å². The van der Waals surface area contributed by atoms with E-state index >= 15 is 0 Å². The summed E-state index contributed by atoms with van der Waals surface area (Å²) >= 11 is 4.96. The number of ketones is 1. The largest absolute Gasteiger partial charge is 0.492 e. The summed E-state index contributed by atoms with van der Waals surface area (Å²) in [6.07, 6.45) is 2.46. The van der Waals surface area contributed by atoms with E-state index in [4.69, 9.17) is 26.1 Å². The van der Waals surface area contributed by atoms with Gasteiger partial charge in [-0.25, -0.2) is 9.59 Å². The lowest BCUT2D eigenvalue weighted by Crippen LogP contribution is -2.44. The molecule has 1 fully saturated rings. The molecule has 9 nitrogen and oxygen atoms in total. The molecule has 0 saturated carbocycles. The fraction of sp³-hybridized carbons (Fsp3) is 0.444. The minimum absolute atomic E-state index is 0.0720. The molecule has 10 heteroatoms. The molecule has 0 spiro atoms. The summed E-state index contributed by atoms with van der Waals surface area (Å²) in [5, 5.41) is 19.2. The van der Waals surface area contributed by atoms with Crippen molar-refractivity contribution in [2.45, 2.75) is 52.0 Å². The number of nitrogens with zero attached hydrogens (tertiary/aromatic N) is 1. The standard InChI is InChI=1S/C18H21NO8S/c1-4-19-14(22)13(25-17(19)28)7-5-6-11-15(23)26-18(3,27-16(11)24)9-8-12(21)10(2)20/h5-7,10,20,22H,4,8-9H2,1-3H3/b7-5+,11-6?. The smallest absolute Gasteiger partial charge is 0.348 e. The van der Waals surface area contributed by atoms with Crippen LogP contribution < -0.4 is 0 Å². The number of carbonyl (C=O) groups is 3. The van der Waals surface area contributed by atoms with Gasteiger partial charge in [0.1, 0.15) is 11.7 Å². The SMILES string of the molecule is CCn1c(O)c(/C=C/C=C2C(=O)OC(C)(CCC(=O)C(C)O)OC2=O)oc1=S. The Labute approximate surface area is 165 Å². The highest BCUT2D eigenvalue weighted by atomic mass is 32.1. The van der Waals surface area contributed by atoms with Crippen molar-refractivity contribution in [3.05, 3.63) is 28.3 Å². The number of Topliss-reactive ketones (excluding diaryl/α,β-unsaturated/α-hetero) is 1. The lowest BCUT2D eigenvalue weighted by atomic mass is 10.1. The molecular formula is C18H21NO8S.